The zero-order chi connectivity index (χ0) is 15.1. The molecule has 2 amide bonds. The van der Waals surface area contributed by atoms with E-state index in [0.717, 1.165) is 12.1 Å². The molecule has 0 spiro atoms. The van der Waals surface area contributed by atoms with E-state index in [0.29, 0.717) is 39.1 Å². The molecule has 21 heavy (non-hydrogen) atoms. The Kier molecular flexibility index (Phi) is 5.68. The third kappa shape index (κ3) is 4.82. The predicted octanol–water partition coefficient (Wildman–Crippen LogP) is 0.252. The standard InChI is InChI=1S/C15H22N4O2/c1-13(20)18-8-10-19(11-9-18)15(21)4-7-17-12-14-2-5-16-6-3-14/h2-3,5-6,17H,4,7-12H2,1H3. The fraction of sp³-hybridized carbons (Fsp3) is 0.533. The maximum absolute atomic E-state index is 12.1. The Morgan fingerprint density at radius 2 is 1.76 bits per heavy atom. The molecule has 2 rings (SSSR count). The van der Waals surface area contributed by atoms with Gasteiger partial charge in [-0.2, -0.15) is 0 Å². The molecule has 0 radical (unpaired) electrons. The first-order chi connectivity index (χ1) is 10.2. The van der Waals surface area contributed by atoms with Crippen LogP contribution >= 0.6 is 0 Å². The monoisotopic (exact) mass is 290 g/mol. The van der Waals surface area contributed by atoms with Gasteiger partial charge in [0.2, 0.25) is 11.8 Å². The van der Waals surface area contributed by atoms with Crippen molar-refractivity contribution in [3.8, 4) is 0 Å². The molecule has 1 aromatic rings. The van der Waals surface area contributed by atoms with Crippen LogP contribution in [0.5, 0.6) is 0 Å². The molecule has 6 nitrogen and oxygen atoms in total. The maximum Gasteiger partial charge on any atom is 0.223 e. The Morgan fingerprint density at radius 3 is 2.38 bits per heavy atom. The van der Waals surface area contributed by atoms with Crippen molar-refractivity contribution in [2.24, 2.45) is 0 Å². The quantitative estimate of drug-likeness (QED) is 0.790. The van der Waals surface area contributed by atoms with Gasteiger partial charge < -0.3 is 15.1 Å². The van der Waals surface area contributed by atoms with Crippen molar-refractivity contribution in [1.82, 2.24) is 20.1 Å². The fourth-order valence-corrected chi connectivity index (χ4v) is 2.36. The van der Waals surface area contributed by atoms with E-state index >= 15 is 0 Å². The number of carbonyl (C=O) groups is 2. The lowest BCUT2D eigenvalue weighted by Crippen LogP contribution is -2.50. The lowest BCUT2D eigenvalue weighted by Gasteiger charge is -2.34. The molecule has 0 atom stereocenters. The molecule has 1 aliphatic heterocycles. The summed E-state index contributed by atoms with van der Waals surface area (Å²) in [6.45, 7) is 5.55. The number of piperazine rings is 1. The van der Waals surface area contributed by atoms with Crippen LogP contribution in [0.15, 0.2) is 24.5 Å². The maximum atomic E-state index is 12.1. The molecule has 2 heterocycles. The lowest BCUT2D eigenvalue weighted by atomic mass is 10.2. The zero-order valence-corrected chi connectivity index (χ0v) is 12.4. The van der Waals surface area contributed by atoms with Crippen molar-refractivity contribution in [2.45, 2.75) is 19.9 Å². The molecule has 1 N–H and O–H groups in total. The van der Waals surface area contributed by atoms with E-state index in [-0.39, 0.29) is 11.8 Å². The van der Waals surface area contributed by atoms with Crippen LogP contribution in [0.25, 0.3) is 0 Å². The summed E-state index contributed by atoms with van der Waals surface area (Å²) in [6, 6.07) is 3.91. The number of rotatable bonds is 5. The highest BCUT2D eigenvalue weighted by Gasteiger charge is 2.21. The summed E-state index contributed by atoms with van der Waals surface area (Å²) >= 11 is 0. The third-order valence-electron chi connectivity index (χ3n) is 3.67. The summed E-state index contributed by atoms with van der Waals surface area (Å²) in [7, 11) is 0. The SMILES string of the molecule is CC(=O)N1CCN(C(=O)CCNCc2ccncc2)CC1. The number of hydrogen-bond donors (Lipinski definition) is 1. The van der Waals surface area contributed by atoms with Gasteiger partial charge in [0.1, 0.15) is 0 Å². The Labute approximate surface area is 125 Å². The molecule has 0 aromatic carbocycles. The predicted molar refractivity (Wildman–Crippen MR) is 79.4 cm³/mol. The van der Waals surface area contributed by atoms with Gasteiger partial charge in [-0.25, -0.2) is 0 Å². The second kappa shape index (κ2) is 7.73. The van der Waals surface area contributed by atoms with Gasteiger partial charge >= 0.3 is 0 Å². The van der Waals surface area contributed by atoms with Gasteiger partial charge in [-0.15, -0.1) is 0 Å². The molecule has 0 unspecified atom stereocenters. The van der Waals surface area contributed by atoms with E-state index in [1.165, 1.54) is 0 Å². The highest BCUT2D eigenvalue weighted by Crippen LogP contribution is 2.04. The Bertz CT molecular complexity index is 470. The minimum atomic E-state index is 0.0844. The average molecular weight is 290 g/mol. The average Bonchev–Trinajstić information content (AvgIpc) is 2.52. The van der Waals surface area contributed by atoms with Crippen LogP contribution in [0.4, 0.5) is 0 Å². The van der Waals surface area contributed by atoms with Crippen LogP contribution in [0.1, 0.15) is 18.9 Å². The van der Waals surface area contributed by atoms with Crippen LogP contribution in [0.3, 0.4) is 0 Å². The first-order valence-electron chi connectivity index (χ1n) is 7.30. The minimum absolute atomic E-state index is 0.0844. The molecule has 6 heteroatoms. The van der Waals surface area contributed by atoms with Crippen LogP contribution in [-0.4, -0.2) is 59.3 Å². The molecule has 0 saturated carbocycles. The largest absolute Gasteiger partial charge is 0.339 e. The van der Waals surface area contributed by atoms with E-state index < -0.39 is 0 Å². The first kappa shape index (κ1) is 15.4. The second-order valence-electron chi connectivity index (χ2n) is 5.17. The lowest BCUT2D eigenvalue weighted by molar-refractivity contribution is -0.138. The van der Waals surface area contributed by atoms with Gasteiger partial charge in [-0.3, -0.25) is 14.6 Å². The summed E-state index contributed by atoms with van der Waals surface area (Å²) in [6.07, 6.45) is 4.01. The third-order valence-corrected chi connectivity index (χ3v) is 3.67. The molecular formula is C15H22N4O2. The molecule has 1 aliphatic rings. The minimum Gasteiger partial charge on any atom is -0.339 e. The summed E-state index contributed by atoms with van der Waals surface area (Å²) in [5.74, 6) is 0.238. The van der Waals surface area contributed by atoms with Crippen molar-refractivity contribution < 1.29 is 9.59 Å². The molecule has 0 bridgehead atoms. The molecule has 1 aromatic heterocycles. The van der Waals surface area contributed by atoms with Crippen molar-refractivity contribution in [3.05, 3.63) is 30.1 Å². The highest BCUT2D eigenvalue weighted by molar-refractivity contribution is 5.77. The van der Waals surface area contributed by atoms with Crippen molar-refractivity contribution in [3.63, 3.8) is 0 Å². The molecular weight excluding hydrogens is 268 g/mol. The number of aromatic nitrogens is 1. The van der Waals surface area contributed by atoms with Gasteiger partial charge in [-0.1, -0.05) is 0 Å². The summed E-state index contributed by atoms with van der Waals surface area (Å²) in [5.41, 5.74) is 1.16. The number of nitrogens with zero attached hydrogens (tertiary/aromatic N) is 3. The Morgan fingerprint density at radius 1 is 1.14 bits per heavy atom. The topological polar surface area (TPSA) is 65.5 Å². The Balaban J connectivity index is 1.63. The van der Waals surface area contributed by atoms with Gasteiger partial charge in [0, 0.05) is 65.0 Å². The summed E-state index contributed by atoms with van der Waals surface area (Å²) in [5, 5.41) is 3.26. The number of pyridine rings is 1. The molecule has 1 saturated heterocycles. The highest BCUT2D eigenvalue weighted by atomic mass is 16.2. The summed E-state index contributed by atoms with van der Waals surface area (Å²) in [4.78, 5) is 30.9. The van der Waals surface area contributed by atoms with Crippen molar-refractivity contribution in [2.75, 3.05) is 32.7 Å². The number of nitrogens with one attached hydrogen (secondary N) is 1. The van der Waals surface area contributed by atoms with E-state index in [1.807, 2.05) is 17.0 Å². The smallest absolute Gasteiger partial charge is 0.223 e. The van der Waals surface area contributed by atoms with Crippen molar-refractivity contribution in [1.29, 1.82) is 0 Å². The zero-order valence-electron chi connectivity index (χ0n) is 12.4. The van der Waals surface area contributed by atoms with Crippen LogP contribution in [-0.2, 0) is 16.1 Å². The van der Waals surface area contributed by atoms with Crippen LogP contribution in [0, 0.1) is 0 Å². The number of hydrogen-bond acceptors (Lipinski definition) is 4. The number of amides is 2. The van der Waals surface area contributed by atoms with Crippen molar-refractivity contribution >= 4 is 11.8 Å². The van der Waals surface area contributed by atoms with E-state index in [2.05, 4.69) is 10.3 Å². The number of carbonyl (C=O) groups excluding carboxylic acids is 2. The van der Waals surface area contributed by atoms with Gasteiger partial charge in [0.05, 0.1) is 0 Å². The van der Waals surface area contributed by atoms with Crippen LogP contribution < -0.4 is 5.32 Å². The van der Waals surface area contributed by atoms with E-state index in [1.54, 1.807) is 24.2 Å². The normalized spacial score (nSPS) is 15.1. The summed E-state index contributed by atoms with van der Waals surface area (Å²) < 4.78 is 0. The fourth-order valence-electron chi connectivity index (χ4n) is 2.36. The van der Waals surface area contributed by atoms with Gasteiger partial charge in [0.15, 0.2) is 0 Å². The first-order valence-corrected chi connectivity index (χ1v) is 7.30. The van der Waals surface area contributed by atoms with Gasteiger partial charge in [0.25, 0.3) is 0 Å². The van der Waals surface area contributed by atoms with Gasteiger partial charge in [-0.05, 0) is 17.7 Å². The molecule has 0 aliphatic carbocycles. The molecule has 1 fully saturated rings. The molecule has 114 valence electrons. The Hall–Kier alpha value is -1.95. The second-order valence-corrected chi connectivity index (χ2v) is 5.17. The van der Waals surface area contributed by atoms with Crippen LogP contribution in [0.2, 0.25) is 0 Å². The van der Waals surface area contributed by atoms with E-state index in [9.17, 15) is 9.59 Å². The van der Waals surface area contributed by atoms with E-state index in [4.69, 9.17) is 0 Å².